The lowest BCUT2D eigenvalue weighted by Crippen LogP contribution is -2.07. The molecule has 150 valence electrons. The minimum Gasteiger partial charge on any atom is -0.497 e. The molecule has 0 bridgehead atoms. The molecule has 0 aliphatic heterocycles. The van der Waals surface area contributed by atoms with Crippen molar-refractivity contribution < 1.29 is 13.9 Å². The van der Waals surface area contributed by atoms with Crippen LogP contribution in [0.5, 0.6) is 11.5 Å². The second-order valence-electron chi connectivity index (χ2n) is 6.87. The summed E-state index contributed by atoms with van der Waals surface area (Å²) in [6.07, 6.45) is 9.28. The molecule has 3 aromatic heterocycles. The molecule has 0 spiro atoms. The summed E-state index contributed by atoms with van der Waals surface area (Å²) < 4.78 is 27.1. The van der Waals surface area contributed by atoms with Gasteiger partial charge in [-0.05, 0) is 42.7 Å². The molecule has 0 N–H and O–H groups in total. The summed E-state index contributed by atoms with van der Waals surface area (Å²) in [6.45, 7) is 0.0125. The molecular weight excluding hydrogens is 385 g/mol. The van der Waals surface area contributed by atoms with E-state index >= 15 is 0 Å². The van der Waals surface area contributed by atoms with Gasteiger partial charge in [-0.3, -0.25) is 4.98 Å². The van der Waals surface area contributed by atoms with Gasteiger partial charge in [0.1, 0.15) is 12.4 Å². The molecule has 8 heteroatoms. The number of benzene rings is 1. The molecule has 3 heterocycles. The Kier molecular flexibility index (Phi) is 4.59. The van der Waals surface area contributed by atoms with Gasteiger partial charge in [-0.25, -0.2) is 4.39 Å². The number of ether oxygens (including phenoxy) is 2. The van der Waals surface area contributed by atoms with E-state index in [1.165, 1.54) is 0 Å². The zero-order valence-electron chi connectivity index (χ0n) is 16.2. The third-order valence-corrected chi connectivity index (χ3v) is 5.00. The van der Waals surface area contributed by atoms with Gasteiger partial charge in [0.25, 0.3) is 0 Å². The van der Waals surface area contributed by atoms with E-state index < -0.39 is 5.82 Å². The molecule has 0 unspecified atom stereocenters. The third-order valence-electron chi connectivity index (χ3n) is 5.00. The molecule has 0 radical (unpaired) electrons. The maximum atomic E-state index is 14.5. The van der Waals surface area contributed by atoms with Crippen LogP contribution in [0, 0.1) is 5.82 Å². The number of aromatic nitrogens is 5. The van der Waals surface area contributed by atoms with Gasteiger partial charge in [0.2, 0.25) is 0 Å². The Balaban J connectivity index is 1.47. The predicted octanol–water partition coefficient (Wildman–Crippen LogP) is 4.13. The molecule has 0 saturated heterocycles. The van der Waals surface area contributed by atoms with Gasteiger partial charge in [-0.2, -0.15) is 9.61 Å². The number of methoxy groups -OCH3 is 1. The fraction of sp³-hybridized carbons (Fsp3) is 0.182. The van der Waals surface area contributed by atoms with Gasteiger partial charge in [0.05, 0.1) is 24.5 Å². The van der Waals surface area contributed by atoms with Crippen molar-refractivity contribution >= 4 is 22.1 Å². The van der Waals surface area contributed by atoms with Crippen molar-refractivity contribution in [3.05, 3.63) is 72.1 Å². The topological polar surface area (TPSA) is 74.4 Å². The summed E-state index contributed by atoms with van der Waals surface area (Å²) in [5.74, 6) is 0.682. The highest BCUT2D eigenvalue weighted by Gasteiger charge is 2.15. The Morgan fingerprint density at radius 2 is 2.10 bits per heavy atom. The van der Waals surface area contributed by atoms with Crippen LogP contribution in [0.4, 0.5) is 4.39 Å². The normalized spacial score (nSPS) is 13.6. The van der Waals surface area contributed by atoms with Crippen LogP contribution in [0.3, 0.4) is 0 Å². The lowest BCUT2D eigenvalue weighted by Gasteiger charge is -2.11. The first-order chi connectivity index (χ1) is 14.7. The fourth-order valence-electron chi connectivity index (χ4n) is 3.44. The Bertz CT molecular complexity index is 1310. The van der Waals surface area contributed by atoms with Crippen molar-refractivity contribution in [1.82, 2.24) is 24.8 Å². The van der Waals surface area contributed by atoms with Crippen molar-refractivity contribution in [2.24, 2.45) is 0 Å². The highest BCUT2D eigenvalue weighted by molar-refractivity contribution is 5.86. The van der Waals surface area contributed by atoms with Gasteiger partial charge >= 0.3 is 0 Å². The highest BCUT2D eigenvalue weighted by atomic mass is 19.1. The summed E-state index contributed by atoms with van der Waals surface area (Å²) in [5, 5.41) is 13.5. The molecule has 7 nitrogen and oxygen atoms in total. The lowest BCUT2D eigenvalue weighted by atomic mass is 10.0. The number of hydrogen-bond acceptors (Lipinski definition) is 6. The Morgan fingerprint density at radius 1 is 1.17 bits per heavy atom. The second-order valence-corrected chi connectivity index (χ2v) is 6.87. The van der Waals surface area contributed by atoms with Crippen LogP contribution in [-0.2, 0) is 6.61 Å². The molecule has 5 rings (SSSR count). The van der Waals surface area contributed by atoms with E-state index in [0.29, 0.717) is 28.1 Å². The molecule has 4 aromatic rings. The summed E-state index contributed by atoms with van der Waals surface area (Å²) in [4.78, 5) is 4.12. The molecule has 0 fully saturated rings. The van der Waals surface area contributed by atoms with E-state index in [2.05, 4.69) is 32.4 Å². The standard InChI is InChI=1S/C22H18FN5O2/c1-29-15-7-8-16-19(11-15)24-12-17(23)22(16)30-13-21-26-25-20-10-9-18(27-28(20)21)14-5-3-2-4-6-14/h2-3,5,7-12H,4,6,13H2,1H3. The minimum atomic E-state index is -0.547. The molecule has 0 amide bonds. The van der Waals surface area contributed by atoms with Crippen LogP contribution in [0.15, 0.2) is 54.8 Å². The van der Waals surface area contributed by atoms with Crippen molar-refractivity contribution in [3.63, 3.8) is 0 Å². The van der Waals surface area contributed by atoms with Crippen molar-refractivity contribution in [2.75, 3.05) is 7.11 Å². The van der Waals surface area contributed by atoms with E-state index in [1.807, 2.05) is 18.2 Å². The van der Waals surface area contributed by atoms with E-state index in [4.69, 9.17) is 9.47 Å². The Labute approximate surface area is 171 Å². The van der Waals surface area contributed by atoms with Gasteiger partial charge in [0.15, 0.2) is 23.0 Å². The van der Waals surface area contributed by atoms with Crippen LogP contribution in [-0.4, -0.2) is 31.9 Å². The van der Waals surface area contributed by atoms with E-state index in [0.717, 1.165) is 30.3 Å². The summed E-state index contributed by atoms with van der Waals surface area (Å²) in [5.41, 5.74) is 3.20. The molecule has 0 atom stereocenters. The zero-order chi connectivity index (χ0) is 20.5. The first kappa shape index (κ1) is 18.2. The van der Waals surface area contributed by atoms with Crippen molar-refractivity contribution in [2.45, 2.75) is 19.4 Å². The number of pyridine rings is 1. The monoisotopic (exact) mass is 403 g/mol. The van der Waals surface area contributed by atoms with Crippen LogP contribution < -0.4 is 9.47 Å². The highest BCUT2D eigenvalue weighted by Crippen LogP contribution is 2.30. The van der Waals surface area contributed by atoms with Crippen LogP contribution in [0.1, 0.15) is 24.4 Å². The number of halogens is 1. The summed E-state index contributed by atoms with van der Waals surface area (Å²) in [7, 11) is 1.57. The summed E-state index contributed by atoms with van der Waals surface area (Å²) in [6, 6.07) is 8.99. The van der Waals surface area contributed by atoms with Crippen LogP contribution >= 0.6 is 0 Å². The largest absolute Gasteiger partial charge is 0.497 e. The molecule has 1 aliphatic rings. The predicted molar refractivity (Wildman–Crippen MR) is 110 cm³/mol. The smallest absolute Gasteiger partial charge is 0.192 e. The van der Waals surface area contributed by atoms with Gasteiger partial charge < -0.3 is 9.47 Å². The molecule has 1 aliphatic carbocycles. The van der Waals surface area contributed by atoms with Crippen LogP contribution in [0.2, 0.25) is 0 Å². The molecule has 1 aromatic carbocycles. The maximum absolute atomic E-state index is 14.5. The number of nitrogens with zero attached hydrogens (tertiary/aromatic N) is 5. The number of hydrogen-bond donors (Lipinski definition) is 0. The fourth-order valence-corrected chi connectivity index (χ4v) is 3.44. The summed E-state index contributed by atoms with van der Waals surface area (Å²) >= 11 is 0. The number of allylic oxidation sites excluding steroid dienone is 4. The molecule has 30 heavy (non-hydrogen) atoms. The Hall–Kier alpha value is -3.81. The average molecular weight is 403 g/mol. The van der Waals surface area contributed by atoms with E-state index in [9.17, 15) is 4.39 Å². The van der Waals surface area contributed by atoms with E-state index in [-0.39, 0.29) is 12.4 Å². The third kappa shape index (κ3) is 3.26. The first-order valence-corrected chi connectivity index (χ1v) is 9.55. The van der Waals surface area contributed by atoms with Gasteiger partial charge in [0, 0.05) is 11.5 Å². The van der Waals surface area contributed by atoms with Gasteiger partial charge in [-0.1, -0.05) is 18.2 Å². The molecular formula is C22H18FN5O2. The second kappa shape index (κ2) is 7.55. The zero-order valence-corrected chi connectivity index (χ0v) is 16.2. The van der Waals surface area contributed by atoms with Crippen LogP contribution in [0.25, 0.3) is 22.1 Å². The quantitative estimate of drug-likeness (QED) is 0.499. The SMILES string of the molecule is COc1ccc2c(OCc3nnc4ccc(C5=CC=CCC5)nn34)c(F)cnc2c1. The van der Waals surface area contributed by atoms with Crippen molar-refractivity contribution in [1.29, 1.82) is 0 Å². The Morgan fingerprint density at radius 3 is 2.93 bits per heavy atom. The minimum absolute atomic E-state index is 0.0125. The van der Waals surface area contributed by atoms with E-state index in [1.54, 1.807) is 29.8 Å². The van der Waals surface area contributed by atoms with Crippen molar-refractivity contribution in [3.8, 4) is 11.5 Å². The maximum Gasteiger partial charge on any atom is 0.192 e. The van der Waals surface area contributed by atoms with Gasteiger partial charge in [-0.15, -0.1) is 10.2 Å². The first-order valence-electron chi connectivity index (χ1n) is 9.55. The lowest BCUT2D eigenvalue weighted by molar-refractivity contribution is 0.281. The average Bonchev–Trinajstić information content (AvgIpc) is 3.21. The number of fused-ring (bicyclic) bond motifs is 2. The number of rotatable bonds is 5. The molecule has 0 saturated carbocycles.